The monoisotopic (exact) mass is 319 g/mol. The number of carbonyl (C=O) groups is 3. The number of aromatic nitrogens is 1. The number of sulfonamides is 1. The van der Waals surface area contributed by atoms with Gasteiger partial charge in [0.25, 0.3) is 10.0 Å². The van der Waals surface area contributed by atoms with Gasteiger partial charge in [0, 0.05) is 6.42 Å². The molecule has 1 aromatic rings. The van der Waals surface area contributed by atoms with Crippen LogP contribution in [-0.4, -0.2) is 42.3 Å². The lowest BCUT2D eigenvalue weighted by Crippen LogP contribution is -2.52. The van der Waals surface area contributed by atoms with Crippen molar-refractivity contribution in [1.82, 2.24) is 15.0 Å². The molecule has 20 heavy (non-hydrogen) atoms. The second kappa shape index (κ2) is 5.26. The molecule has 1 atom stereocenters. The summed E-state index contributed by atoms with van der Waals surface area (Å²) < 4.78 is 25.7. The second-order valence-electron chi connectivity index (χ2n) is 3.92. The molecule has 0 spiro atoms. The first-order valence-corrected chi connectivity index (χ1v) is 7.70. The normalized spacial score (nSPS) is 19.7. The van der Waals surface area contributed by atoms with Gasteiger partial charge >= 0.3 is 5.97 Å². The lowest BCUT2D eigenvalue weighted by molar-refractivity contribution is -0.134. The Morgan fingerprint density at radius 2 is 2.20 bits per heavy atom. The Hall–Kier alpha value is -1.85. The minimum atomic E-state index is -4.19. The van der Waals surface area contributed by atoms with Crippen LogP contribution in [0.3, 0.4) is 0 Å². The van der Waals surface area contributed by atoms with Gasteiger partial charge in [0.2, 0.25) is 11.8 Å². The Labute approximate surface area is 117 Å². The van der Waals surface area contributed by atoms with E-state index in [9.17, 15) is 22.8 Å². The zero-order chi connectivity index (χ0) is 14.9. The molecular weight excluding hydrogens is 310 g/mol. The lowest BCUT2D eigenvalue weighted by atomic mass is 10.1. The molecule has 0 radical (unpaired) electrons. The van der Waals surface area contributed by atoms with Gasteiger partial charge in [-0.25, -0.2) is 18.2 Å². The number of aromatic carboxylic acids is 1. The summed E-state index contributed by atoms with van der Waals surface area (Å²) in [6.45, 7) is 0. The molecule has 1 aliphatic rings. The van der Waals surface area contributed by atoms with E-state index >= 15 is 0 Å². The molecule has 2 amide bonds. The van der Waals surface area contributed by atoms with Crippen LogP contribution in [0.15, 0.2) is 9.72 Å². The van der Waals surface area contributed by atoms with Gasteiger partial charge in [-0.1, -0.05) is 0 Å². The van der Waals surface area contributed by atoms with Gasteiger partial charge in [-0.15, -0.1) is 11.3 Å². The molecule has 9 nitrogen and oxygen atoms in total. The maximum Gasteiger partial charge on any atom is 0.356 e. The number of amides is 2. The molecule has 0 bridgehead atoms. The van der Waals surface area contributed by atoms with E-state index in [0.717, 1.165) is 5.51 Å². The zero-order valence-electron chi connectivity index (χ0n) is 9.82. The Kier molecular flexibility index (Phi) is 3.83. The lowest BCUT2D eigenvalue weighted by Gasteiger charge is -2.21. The van der Waals surface area contributed by atoms with E-state index in [1.807, 2.05) is 5.32 Å². The third kappa shape index (κ3) is 2.84. The van der Waals surface area contributed by atoms with E-state index < -0.39 is 43.8 Å². The second-order valence-corrected chi connectivity index (χ2v) is 6.68. The van der Waals surface area contributed by atoms with Crippen LogP contribution < -0.4 is 10.0 Å². The van der Waals surface area contributed by atoms with Crippen LogP contribution in [0.4, 0.5) is 0 Å². The first-order valence-electron chi connectivity index (χ1n) is 5.34. The van der Waals surface area contributed by atoms with Gasteiger partial charge in [0.15, 0.2) is 9.90 Å². The average Bonchev–Trinajstić information content (AvgIpc) is 2.82. The van der Waals surface area contributed by atoms with E-state index in [1.165, 1.54) is 0 Å². The third-order valence-electron chi connectivity index (χ3n) is 2.52. The number of hydrogen-bond donors (Lipinski definition) is 3. The van der Waals surface area contributed by atoms with E-state index in [4.69, 9.17) is 5.11 Å². The van der Waals surface area contributed by atoms with Gasteiger partial charge in [-0.3, -0.25) is 14.9 Å². The van der Waals surface area contributed by atoms with E-state index in [0.29, 0.717) is 11.3 Å². The maximum absolute atomic E-state index is 12.0. The number of imide groups is 1. The van der Waals surface area contributed by atoms with E-state index in [-0.39, 0.29) is 12.8 Å². The number of piperidine rings is 1. The molecule has 1 aliphatic heterocycles. The summed E-state index contributed by atoms with van der Waals surface area (Å²) in [5.74, 6) is -2.71. The Balaban J connectivity index is 2.23. The summed E-state index contributed by atoms with van der Waals surface area (Å²) in [5.41, 5.74) is 0.484. The largest absolute Gasteiger partial charge is 0.476 e. The predicted octanol–water partition coefficient (Wildman–Crippen LogP) is -1.08. The van der Waals surface area contributed by atoms with Crippen molar-refractivity contribution in [2.75, 3.05) is 0 Å². The summed E-state index contributed by atoms with van der Waals surface area (Å²) in [4.78, 5) is 36.8. The van der Waals surface area contributed by atoms with Gasteiger partial charge in [-0.2, -0.15) is 4.72 Å². The zero-order valence-corrected chi connectivity index (χ0v) is 11.5. The molecule has 108 valence electrons. The number of hydrogen-bond acceptors (Lipinski definition) is 7. The van der Waals surface area contributed by atoms with Crippen molar-refractivity contribution in [3.63, 3.8) is 0 Å². The first kappa shape index (κ1) is 14.6. The molecule has 11 heteroatoms. The van der Waals surface area contributed by atoms with Gasteiger partial charge in [-0.05, 0) is 6.42 Å². The minimum absolute atomic E-state index is 0.00735. The highest BCUT2D eigenvalue weighted by Gasteiger charge is 2.33. The van der Waals surface area contributed by atoms with Gasteiger partial charge in [0.1, 0.15) is 6.04 Å². The first-order chi connectivity index (χ1) is 9.31. The number of nitrogens with zero attached hydrogens (tertiary/aromatic N) is 1. The van der Waals surface area contributed by atoms with Crippen LogP contribution in [0.25, 0.3) is 0 Å². The summed E-state index contributed by atoms with van der Waals surface area (Å²) in [6, 6.07) is -1.11. The summed E-state index contributed by atoms with van der Waals surface area (Å²) in [6.07, 6.45) is 0.0263. The number of carboxylic acid groups (broad SMARTS) is 1. The molecule has 1 unspecified atom stereocenters. The molecular formula is C9H9N3O6S2. The van der Waals surface area contributed by atoms with Crippen LogP contribution in [0.1, 0.15) is 23.3 Å². The molecule has 1 fully saturated rings. The van der Waals surface area contributed by atoms with Crippen molar-refractivity contribution >= 4 is 39.1 Å². The standard InChI is InChI=1S/C9H9N3O6S2/c13-5-2-1-4(7(14)11-5)12-20(17,18)9-6(8(15)16)10-3-19-9/h3-4,12H,1-2H2,(H,15,16)(H,11,13,14). The maximum atomic E-state index is 12.0. The molecule has 3 N–H and O–H groups in total. The molecule has 2 heterocycles. The van der Waals surface area contributed by atoms with Crippen molar-refractivity contribution in [3.8, 4) is 0 Å². The molecule has 0 aliphatic carbocycles. The van der Waals surface area contributed by atoms with Crippen LogP contribution >= 0.6 is 11.3 Å². The molecule has 2 rings (SSSR count). The van der Waals surface area contributed by atoms with Crippen molar-refractivity contribution in [1.29, 1.82) is 0 Å². The summed E-state index contributed by atoms with van der Waals surface area (Å²) in [5, 5.41) is 10.8. The smallest absolute Gasteiger partial charge is 0.356 e. The molecule has 0 saturated carbocycles. The van der Waals surface area contributed by atoms with Crippen molar-refractivity contribution in [3.05, 3.63) is 11.2 Å². The number of thiazole rings is 1. The SMILES string of the molecule is O=C1CCC(NS(=O)(=O)c2scnc2C(=O)O)C(=O)N1. The Bertz CT molecular complexity index is 680. The van der Waals surface area contributed by atoms with Gasteiger partial charge in [0.05, 0.1) is 5.51 Å². The van der Waals surface area contributed by atoms with Crippen LogP contribution in [-0.2, 0) is 19.6 Å². The van der Waals surface area contributed by atoms with Crippen LogP contribution in [0.2, 0.25) is 0 Å². The number of carboxylic acids is 1. The average molecular weight is 319 g/mol. The molecule has 1 aromatic heterocycles. The van der Waals surface area contributed by atoms with E-state index in [1.54, 1.807) is 0 Å². The quantitative estimate of drug-likeness (QED) is 0.599. The Morgan fingerprint density at radius 1 is 1.50 bits per heavy atom. The highest BCUT2D eigenvalue weighted by molar-refractivity contribution is 7.91. The van der Waals surface area contributed by atoms with E-state index in [2.05, 4.69) is 9.71 Å². The summed E-state index contributed by atoms with van der Waals surface area (Å²) in [7, 11) is -4.19. The number of rotatable bonds is 4. The van der Waals surface area contributed by atoms with Crippen molar-refractivity contribution in [2.45, 2.75) is 23.1 Å². The third-order valence-corrected chi connectivity index (χ3v) is 5.36. The molecule has 1 saturated heterocycles. The highest BCUT2D eigenvalue weighted by Crippen LogP contribution is 2.21. The van der Waals surface area contributed by atoms with Crippen LogP contribution in [0, 0.1) is 0 Å². The summed E-state index contributed by atoms with van der Waals surface area (Å²) >= 11 is 0.634. The minimum Gasteiger partial charge on any atom is -0.476 e. The fourth-order valence-corrected chi connectivity index (χ4v) is 4.00. The number of nitrogens with one attached hydrogen (secondary N) is 2. The van der Waals surface area contributed by atoms with Gasteiger partial charge < -0.3 is 5.11 Å². The number of carbonyl (C=O) groups excluding carboxylic acids is 2. The van der Waals surface area contributed by atoms with Crippen LogP contribution in [0.5, 0.6) is 0 Å². The topological polar surface area (TPSA) is 143 Å². The Morgan fingerprint density at radius 3 is 2.80 bits per heavy atom. The predicted molar refractivity (Wildman–Crippen MR) is 65.6 cm³/mol. The van der Waals surface area contributed by atoms with Crippen molar-refractivity contribution < 1.29 is 27.9 Å². The highest BCUT2D eigenvalue weighted by atomic mass is 32.2. The fourth-order valence-electron chi connectivity index (χ4n) is 1.62. The molecule has 0 aromatic carbocycles. The van der Waals surface area contributed by atoms with Crippen molar-refractivity contribution in [2.24, 2.45) is 0 Å². The fraction of sp³-hybridized carbons (Fsp3) is 0.333.